The molecule has 0 amide bonds. The molecule has 0 aliphatic carbocycles. The van der Waals surface area contributed by atoms with E-state index in [0.717, 1.165) is 65.3 Å². The van der Waals surface area contributed by atoms with E-state index in [1.54, 1.807) is 35.6 Å². The topological polar surface area (TPSA) is 108 Å². The Kier molecular flexibility index (Phi) is 7.55. The van der Waals surface area contributed by atoms with Crippen LogP contribution >= 0.6 is 11.3 Å². The van der Waals surface area contributed by atoms with Gasteiger partial charge in [-0.15, -0.1) is 11.3 Å². The molecule has 6 aromatic carbocycles. The third-order valence-electron chi connectivity index (χ3n) is 8.10. The van der Waals surface area contributed by atoms with Crippen molar-refractivity contribution in [1.82, 2.24) is 4.98 Å². The minimum Gasteiger partial charge on any atom is -0.236 e. The van der Waals surface area contributed by atoms with Crippen LogP contribution in [0.15, 0.2) is 127 Å². The first-order valence-corrected chi connectivity index (χ1v) is 15.5. The summed E-state index contributed by atoms with van der Waals surface area (Å²) < 4.78 is 1.13. The Morgan fingerprint density at radius 2 is 0.787 bits per heavy atom. The Morgan fingerprint density at radius 3 is 1.23 bits per heavy atom. The molecule has 6 heteroatoms. The molecular weight excluding hydrogens is 595 g/mol. The van der Waals surface area contributed by atoms with Crippen molar-refractivity contribution in [3.05, 3.63) is 150 Å². The lowest BCUT2D eigenvalue weighted by atomic mass is 9.93. The van der Waals surface area contributed by atoms with Crippen LogP contribution in [0.3, 0.4) is 0 Å². The van der Waals surface area contributed by atoms with E-state index in [1.165, 1.54) is 0 Å². The fraction of sp³-hybridized carbons (Fsp3) is 0. The maximum Gasteiger partial charge on any atom is 0.124 e. The van der Waals surface area contributed by atoms with E-state index in [0.29, 0.717) is 22.3 Å². The van der Waals surface area contributed by atoms with Gasteiger partial charge in [-0.05, 0) is 99.1 Å². The molecule has 0 saturated heterocycles. The average Bonchev–Trinajstić information content (AvgIpc) is 3.59. The van der Waals surface area contributed by atoms with Crippen molar-refractivity contribution >= 4 is 21.6 Å². The highest BCUT2D eigenvalue weighted by molar-refractivity contribution is 7.21. The molecule has 216 valence electrons. The van der Waals surface area contributed by atoms with Gasteiger partial charge in [0.05, 0.1) is 32.5 Å². The first-order chi connectivity index (χ1) is 23.1. The number of thiazole rings is 1. The fourth-order valence-corrected chi connectivity index (χ4v) is 6.57. The Labute approximate surface area is 275 Å². The summed E-state index contributed by atoms with van der Waals surface area (Å²) in [5, 5.41) is 38.5. The second-order valence-corrected chi connectivity index (χ2v) is 11.9. The van der Waals surface area contributed by atoms with Crippen LogP contribution in [0.1, 0.15) is 22.3 Å². The van der Waals surface area contributed by atoms with Crippen LogP contribution < -0.4 is 0 Å². The van der Waals surface area contributed by atoms with E-state index in [9.17, 15) is 21.0 Å². The van der Waals surface area contributed by atoms with Gasteiger partial charge in [0.25, 0.3) is 0 Å². The molecule has 7 aromatic rings. The third kappa shape index (κ3) is 5.62. The highest BCUT2D eigenvalue weighted by Crippen LogP contribution is 2.37. The number of nitrogens with zero attached hydrogens (tertiary/aromatic N) is 5. The van der Waals surface area contributed by atoms with Crippen LogP contribution in [-0.2, 0) is 0 Å². The zero-order valence-corrected chi connectivity index (χ0v) is 25.6. The largest absolute Gasteiger partial charge is 0.236 e. The predicted molar refractivity (Wildman–Crippen MR) is 186 cm³/mol. The zero-order chi connectivity index (χ0) is 32.3. The van der Waals surface area contributed by atoms with Gasteiger partial charge in [0.15, 0.2) is 0 Å². The van der Waals surface area contributed by atoms with Crippen LogP contribution in [-0.4, -0.2) is 4.98 Å². The van der Waals surface area contributed by atoms with Gasteiger partial charge in [-0.2, -0.15) is 21.0 Å². The maximum atomic E-state index is 9.49. The number of hydrogen-bond donors (Lipinski definition) is 0. The zero-order valence-electron chi connectivity index (χ0n) is 24.8. The second-order valence-electron chi connectivity index (χ2n) is 10.9. The van der Waals surface area contributed by atoms with E-state index < -0.39 is 0 Å². The lowest BCUT2D eigenvalue weighted by Gasteiger charge is -2.12. The molecule has 1 aromatic heterocycles. The lowest BCUT2D eigenvalue weighted by Crippen LogP contribution is -1.88. The van der Waals surface area contributed by atoms with Crippen molar-refractivity contribution in [3.63, 3.8) is 0 Å². The summed E-state index contributed by atoms with van der Waals surface area (Å²) in [6, 6.07) is 50.0. The highest BCUT2D eigenvalue weighted by atomic mass is 32.1. The summed E-state index contributed by atoms with van der Waals surface area (Å²) in [7, 11) is 0. The van der Waals surface area contributed by atoms with Crippen molar-refractivity contribution in [2.75, 3.05) is 0 Å². The third-order valence-corrected chi connectivity index (χ3v) is 9.18. The monoisotopic (exact) mass is 615 g/mol. The minimum atomic E-state index is 0.359. The molecule has 0 atom stereocenters. The molecule has 0 fully saturated rings. The molecule has 0 saturated carbocycles. The SMILES string of the molecule is N#Cc1ccc(-c2ccc(-c3cc(-c4ccc(-c5ccc(C#N)c(C#N)c5)cc4)cc(-c4nc5ccccc5s4)c3)cc2)cc1C#N. The number of nitriles is 4. The quantitative estimate of drug-likeness (QED) is 0.191. The van der Waals surface area contributed by atoms with Crippen molar-refractivity contribution < 1.29 is 0 Å². The average molecular weight is 616 g/mol. The van der Waals surface area contributed by atoms with Gasteiger partial charge >= 0.3 is 0 Å². The first-order valence-electron chi connectivity index (χ1n) is 14.7. The van der Waals surface area contributed by atoms with Gasteiger partial charge < -0.3 is 0 Å². The van der Waals surface area contributed by atoms with Crippen LogP contribution in [0.4, 0.5) is 0 Å². The van der Waals surface area contributed by atoms with E-state index in [2.05, 4.69) is 72.8 Å². The number of para-hydroxylation sites is 1. The standard InChI is InChI=1S/C41H21N5S/c42-22-32-15-13-30(17-37(32)24-44)26-5-9-28(10-6-26)34-19-35(21-36(20-34)41-46-39-3-1-2-4-40(39)47-41)29-11-7-27(8-12-29)31-14-16-33(23-43)38(18-31)25-45/h1-21H. The number of aromatic nitrogens is 1. The molecule has 5 nitrogen and oxygen atoms in total. The summed E-state index contributed by atoms with van der Waals surface area (Å²) in [6.45, 7) is 0. The van der Waals surface area contributed by atoms with Crippen molar-refractivity contribution in [3.8, 4) is 79.4 Å². The molecule has 0 bridgehead atoms. The van der Waals surface area contributed by atoms with E-state index in [4.69, 9.17) is 4.98 Å². The van der Waals surface area contributed by atoms with Gasteiger partial charge in [-0.3, -0.25) is 0 Å². The van der Waals surface area contributed by atoms with E-state index in [1.807, 2.05) is 54.6 Å². The van der Waals surface area contributed by atoms with Gasteiger partial charge in [0, 0.05) is 5.56 Å². The normalized spacial score (nSPS) is 10.5. The second kappa shape index (κ2) is 12.3. The molecule has 0 aliphatic heterocycles. The summed E-state index contributed by atoms with van der Waals surface area (Å²) in [4.78, 5) is 4.94. The molecule has 0 unspecified atom stereocenters. The Hall–Kier alpha value is -6.83. The van der Waals surface area contributed by atoms with Gasteiger partial charge in [-0.1, -0.05) is 72.8 Å². The van der Waals surface area contributed by atoms with Crippen molar-refractivity contribution in [2.45, 2.75) is 0 Å². The Balaban J connectivity index is 1.29. The smallest absolute Gasteiger partial charge is 0.124 e. The predicted octanol–water partition coefficient (Wildman–Crippen LogP) is 10.1. The first kappa shape index (κ1) is 28.9. The van der Waals surface area contributed by atoms with Gasteiger partial charge in [0.1, 0.15) is 29.3 Å². The number of fused-ring (bicyclic) bond motifs is 1. The highest BCUT2D eigenvalue weighted by Gasteiger charge is 2.13. The Morgan fingerprint density at radius 1 is 0.383 bits per heavy atom. The van der Waals surface area contributed by atoms with Crippen LogP contribution in [0.5, 0.6) is 0 Å². The molecular formula is C41H21N5S. The fourth-order valence-electron chi connectivity index (χ4n) is 5.62. The van der Waals surface area contributed by atoms with Crippen molar-refractivity contribution in [1.29, 1.82) is 21.0 Å². The number of rotatable bonds is 5. The van der Waals surface area contributed by atoms with Crippen LogP contribution in [0.25, 0.3) is 65.3 Å². The number of benzene rings is 6. The van der Waals surface area contributed by atoms with Gasteiger partial charge in [0.2, 0.25) is 0 Å². The molecule has 0 aliphatic rings. The molecule has 1 heterocycles. The van der Waals surface area contributed by atoms with E-state index >= 15 is 0 Å². The molecule has 0 spiro atoms. The summed E-state index contributed by atoms with van der Waals surface area (Å²) in [5.74, 6) is 0. The van der Waals surface area contributed by atoms with Crippen molar-refractivity contribution in [2.24, 2.45) is 0 Å². The molecule has 7 rings (SSSR count). The Bertz CT molecular complexity index is 2330. The maximum absolute atomic E-state index is 9.49. The van der Waals surface area contributed by atoms with Crippen LogP contribution in [0.2, 0.25) is 0 Å². The minimum absolute atomic E-state index is 0.359. The summed E-state index contributed by atoms with van der Waals surface area (Å²) in [5.41, 5.74) is 11.2. The lowest BCUT2D eigenvalue weighted by molar-refractivity contribution is 1.43. The molecule has 0 radical (unpaired) electrons. The van der Waals surface area contributed by atoms with E-state index in [-0.39, 0.29) is 0 Å². The number of hydrogen-bond acceptors (Lipinski definition) is 6. The summed E-state index contributed by atoms with van der Waals surface area (Å²) >= 11 is 1.66. The van der Waals surface area contributed by atoms with Crippen LogP contribution in [0, 0.1) is 45.3 Å². The van der Waals surface area contributed by atoms with Gasteiger partial charge in [-0.25, -0.2) is 4.98 Å². The summed E-state index contributed by atoms with van der Waals surface area (Å²) in [6.07, 6.45) is 0. The molecule has 47 heavy (non-hydrogen) atoms. The molecule has 0 N–H and O–H groups in total.